The Balaban J connectivity index is 1.45. The molecule has 3 aromatic carbocycles. The number of esters is 3. The molecule has 12 heteroatoms. The van der Waals surface area contributed by atoms with Crippen LogP contribution >= 0.6 is 0 Å². The second kappa shape index (κ2) is 12.6. The first-order chi connectivity index (χ1) is 22.2. The molecule has 1 fully saturated rings. The number of nitrogens with zero attached hydrogens (tertiary/aromatic N) is 3. The van der Waals surface area contributed by atoms with E-state index in [1.165, 1.54) is 23.2 Å². The van der Waals surface area contributed by atoms with Crippen LogP contribution in [0, 0.1) is 0 Å². The van der Waals surface area contributed by atoms with Gasteiger partial charge in [0.05, 0.1) is 16.7 Å². The van der Waals surface area contributed by atoms with Gasteiger partial charge in [-0.15, -0.1) is 0 Å². The number of nitrogens with two attached hydrogens (primary N) is 1. The van der Waals surface area contributed by atoms with E-state index in [2.05, 4.69) is 9.97 Å². The predicted octanol–water partition coefficient (Wildman–Crippen LogP) is 3.97. The van der Waals surface area contributed by atoms with Gasteiger partial charge in [-0.2, -0.15) is 0 Å². The summed E-state index contributed by atoms with van der Waals surface area (Å²) in [5, 5.41) is 0.0173. The van der Waals surface area contributed by atoms with Crippen LogP contribution in [0.1, 0.15) is 44.2 Å². The highest BCUT2D eigenvalue weighted by atomic mass is 16.7. The molecule has 4 atom stereocenters. The number of hydrogen-bond donors (Lipinski definition) is 1. The van der Waals surface area contributed by atoms with Crippen molar-refractivity contribution in [3.8, 4) is 0 Å². The fraction of sp³-hybridized carbons (Fsp3) is 0.176. The largest absolute Gasteiger partial charge is 0.459 e. The molecule has 2 aromatic heterocycles. The third-order valence-corrected chi connectivity index (χ3v) is 7.57. The van der Waals surface area contributed by atoms with Crippen molar-refractivity contribution < 1.29 is 33.3 Å². The molecule has 0 radical (unpaired) electrons. The lowest BCUT2D eigenvalue weighted by molar-refractivity contribution is -0.120. The fourth-order valence-corrected chi connectivity index (χ4v) is 5.27. The highest BCUT2D eigenvalue weighted by molar-refractivity contribution is 5.91. The number of benzene rings is 3. The Labute approximate surface area is 262 Å². The Kier molecular flexibility index (Phi) is 8.27. The maximum absolute atomic E-state index is 13.5. The molecule has 0 amide bonds. The zero-order valence-corrected chi connectivity index (χ0v) is 24.5. The monoisotopic (exact) mass is 620 g/mol. The van der Waals surface area contributed by atoms with Crippen LogP contribution in [0.3, 0.4) is 0 Å². The number of pyridine rings is 1. The van der Waals surface area contributed by atoms with Crippen LogP contribution in [0.2, 0.25) is 0 Å². The molecule has 2 N–H and O–H groups in total. The summed E-state index contributed by atoms with van der Waals surface area (Å²) >= 11 is 0. The van der Waals surface area contributed by atoms with Gasteiger partial charge in [0.1, 0.15) is 29.7 Å². The van der Waals surface area contributed by atoms with Crippen molar-refractivity contribution in [2.24, 2.45) is 0 Å². The molecule has 1 aliphatic heterocycles. The standard InChI is InChI=1S/C34H28N4O8/c1-34(19-43-31(40)21-11-5-2-6-12-21)27(45-33(42)23-15-9-4-10-16-23)26(44-32(41)22-13-7-3-8-14-22)30(46-34)38-18-17-24(39)25-28(35)36-20-37-29(25)38/h2-18,20,26-27,30H,19H2,1H3,(H2,35,36,37)/t26-,27+,30-,34-/m1/s1. The Morgan fingerprint density at radius 1 is 0.804 bits per heavy atom. The number of fused-ring (bicyclic) bond motifs is 1. The van der Waals surface area contributed by atoms with Crippen molar-refractivity contribution in [3.05, 3.63) is 136 Å². The third kappa shape index (κ3) is 5.93. The Bertz CT molecular complexity index is 1950. The first kappa shape index (κ1) is 30.2. The summed E-state index contributed by atoms with van der Waals surface area (Å²) in [6, 6.07) is 26.1. The molecule has 0 aliphatic carbocycles. The van der Waals surface area contributed by atoms with Gasteiger partial charge in [0.15, 0.2) is 29.5 Å². The zero-order chi connectivity index (χ0) is 32.3. The number of anilines is 1. The first-order valence-corrected chi connectivity index (χ1v) is 14.3. The van der Waals surface area contributed by atoms with E-state index in [0.717, 1.165) is 0 Å². The highest BCUT2D eigenvalue weighted by Gasteiger charge is 2.58. The Morgan fingerprint density at radius 3 is 1.93 bits per heavy atom. The molecule has 3 heterocycles. The minimum absolute atomic E-state index is 0.0173. The van der Waals surface area contributed by atoms with Crippen molar-refractivity contribution in [1.29, 1.82) is 0 Å². The minimum Gasteiger partial charge on any atom is -0.459 e. The molecule has 0 bridgehead atoms. The summed E-state index contributed by atoms with van der Waals surface area (Å²) in [5.74, 6) is -2.17. The number of carbonyl (C=O) groups excluding carboxylic acids is 3. The van der Waals surface area contributed by atoms with Gasteiger partial charge in [0.2, 0.25) is 0 Å². The van der Waals surface area contributed by atoms with Gasteiger partial charge in [0.25, 0.3) is 0 Å². The van der Waals surface area contributed by atoms with E-state index in [1.54, 1.807) is 97.9 Å². The predicted molar refractivity (Wildman–Crippen MR) is 165 cm³/mol. The van der Waals surface area contributed by atoms with Gasteiger partial charge in [-0.1, -0.05) is 54.6 Å². The number of nitrogen functional groups attached to an aromatic ring is 1. The maximum Gasteiger partial charge on any atom is 0.338 e. The molecular weight excluding hydrogens is 592 g/mol. The molecule has 5 aromatic rings. The highest BCUT2D eigenvalue weighted by Crippen LogP contribution is 2.42. The summed E-state index contributed by atoms with van der Waals surface area (Å²) < 4.78 is 25.8. The maximum atomic E-state index is 13.5. The smallest absolute Gasteiger partial charge is 0.338 e. The number of hydrogen-bond acceptors (Lipinski definition) is 11. The van der Waals surface area contributed by atoms with Gasteiger partial charge in [-0.05, 0) is 43.3 Å². The summed E-state index contributed by atoms with van der Waals surface area (Å²) in [4.78, 5) is 61.0. The van der Waals surface area contributed by atoms with Gasteiger partial charge in [-0.25, -0.2) is 24.4 Å². The number of carbonyl (C=O) groups is 3. The van der Waals surface area contributed by atoms with E-state index in [9.17, 15) is 19.2 Å². The van der Waals surface area contributed by atoms with Crippen molar-refractivity contribution in [2.75, 3.05) is 12.3 Å². The molecule has 1 aliphatic rings. The van der Waals surface area contributed by atoms with Crippen molar-refractivity contribution in [3.63, 3.8) is 0 Å². The normalized spacial score (nSPS) is 20.6. The topological polar surface area (TPSA) is 162 Å². The van der Waals surface area contributed by atoms with Crippen LogP contribution in [0.15, 0.2) is 114 Å². The lowest BCUT2D eigenvalue weighted by Crippen LogP contribution is -2.48. The molecule has 0 saturated carbocycles. The van der Waals surface area contributed by atoms with E-state index in [4.69, 9.17) is 24.7 Å². The van der Waals surface area contributed by atoms with Crippen LogP contribution in [-0.2, 0) is 18.9 Å². The van der Waals surface area contributed by atoms with Gasteiger partial charge < -0.3 is 29.2 Å². The van der Waals surface area contributed by atoms with Crippen molar-refractivity contribution >= 4 is 34.8 Å². The second-order valence-corrected chi connectivity index (χ2v) is 10.7. The Hall–Kier alpha value is -5.88. The average molecular weight is 621 g/mol. The summed E-state index contributed by atoms with van der Waals surface area (Å²) in [7, 11) is 0. The quantitative estimate of drug-likeness (QED) is 0.197. The summed E-state index contributed by atoms with van der Waals surface area (Å²) in [5.41, 5.74) is 4.88. The number of ether oxygens (including phenoxy) is 4. The van der Waals surface area contributed by atoms with Crippen LogP contribution in [0.5, 0.6) is 0 Å². The molecule has 6 rings (SSSR count). The van der Waals surface area contributed by atoms with E-state index in [-0.39, 0.29) is 28.0 Å². The SMILES string of the molecule is C[C@]1(COC(=O)c2ccccc2)O[C@@H](n2ccc(=O)c3c(N)ncnc32)[C@H](OC(=O)c2ccccc2)[C@@H]1OC(=O)c1ccccc1. The van der Waals surface area contributed by atoms with E-state index < -0.39 is 54.0 Å². The molecular formula is C34H28N4O8. The zero-order valence-electron chi connectivity index (χ0n) is 24.5. The molecule has 0 spiro atoms. The van der Waals surface area contributed by atoms with Gasteiger partial charge >= 0.3 is 17.9 Å². The molecule has 12 nitrogen and oxygen atoms in total. The molecule has 46 heavy (non-hydrogen) atoms. The first-order valence-electron chi connectivity index (χ1n) is 14.3. The lowest BCUT2D eigenvalue weighted by Gasteiger charge is -2.30. The summed E-state index contributed by atoms with van der Waals surface area (Å²) in [6.45, 7) is 1.17. The van der Waals surface area contributed by atoms with Crippen LogP contribution < -0.4 is 11.2 Å². The van der Waals surface area contributed by atoms with Crippen molar-refractivity contribution in [1.82, 2.24) is 14.5 Å². The third-order valence-electron chi connectivity index (χ3n) is 7.57. The van der Waals surface area contributed by atoms with Crippen molar-refractivity contribution in [2.45, 2.75) is 31.0 Å². The Morgan fingerprint density at radius 2 is 1.35 bits per heavy atom. The number of aromatic nitrogens is 3. The molecule has 232 valence electrons. The van der Waals surface area contributed by atoms with E-state index in [1.807, 2.05) is 0 Å². The van der Waals surface area contributed by atoms with Crippen LogP contribution in [-0.4, -0.2) is 56.9 Å². The molecule has 1 saturated heterocycles. The van der Waals surface area contributed by atoms with E-state index >= 15 is 0 Å². The number of rotatable bonds is 8. The van der Waals surface area contributed by atoms with Crippen LogP contribution in [0.4, 0.5) is 5.82 Å². The second-order valence-electron chi connectivity index (χ2n) is 10.7. The van der Waals surface area contributed by atoms with E-state index in [0.29, 0.717) is 5.56 Å². The van der Waals surface area contributed by atoms with Crippen LogP contribution in [0.25, 0.3) is 11.0 Å². The summed E-state index contributed by atoms with van der Waals surface area (Å²) in [6.07, 6.45) is -1.30. The van der Waals surface area contributed by atoms with Gasteiger partial charge in [-0.3, -0.25) is 4.79 Å². The lowest BCUT2D eigenvalue weighted by atomic mass is 9.97. The fourth-order valence-electron chi connectivity index (χ4n) is 5.27. The molecule has 0 unspecified atom stereocenters. The minimum atomic E-state index is -1.57. The average Bonchev–Trinajstić information content (AvgIpc) is 3.35. The van der Waals surface area contributed by atoms with Gasteiger partial charge in [0, 0.05) is 12.3 Å².